The van der Waals surface area contributed by atoms with E-state index >= 15 is 0 Å². The molecule has 0 bridgehead atoms. The highest BCUT2D eigenvalue weighted by atomic mass is 32.2. The van der Waals surface area contributed by atoms with E-state index in [2.05, 4.69) is 20.4 Å². The average molecular weight is 258 g/mol. The van der Waals surface area contributed by atoms with Crippen molar-refractivity contribution in [2.24, 2.45) is 10.2 Å². The normalized spacial score (nSPS) is 12.6. The van der Waals surface area contributed by atoms with Gasteiger partial charge in [-0.05, 0) is 18.2 Å². The summed E-state index contributed by atoms with van der Waals surface area (Å²) in [7, 11) is -2.43. The van der Waals surface area contributed by atoms with Crippen LogP contribution in [0.4, 0.5) is 5.69 Å². The molecule has 2 heterocycles. The lowest BCUT2D eigenvalue weighted by atomic mass is 10.0. The summed E-state index contributed by atoms with van der Waals surface area (Å²) >= 11 is 0. The topological polar surface area (TPSA) is 84.6 Å². The van der Waals surface area contributed by atoms with Gasteiger partial charge in [-0.1, -0.05) is 12.1 Å². The molecule has 0 saturated carbocycles. The van der Waals surface area contributed by atoms with E-state index in [-0.39, 0.29) is 4.99 Å². The summed E-state index contributed by atoms with van der Waals surface area (Å²) in [5.74, 6) is 0. The molecular formula is C11H6N4O2S. The Labute approximate surface area is 104 Å². The Balaban J connectivity index is 2.34. The third-order valence-electron chi connectivity index (χ3n) is 2.51. The van der Waals surface area contributed by atoms with Crippen molar-refractivity contribution >= 4 is 21.0 Å². The van der Waals surface area contributed by atoms with Crippen molar-refractivity contribution in [2.75, 3.05) is 0 Å². The standard InChI is InChI=1S/C11H6N4O2S/c16-18(17)11-10-7(8-5-2-6-12-13-8)3-1-4-9(10)14-15-11/h1-6H. The largest absolute Gasteiger partial charge is 0.242 e. The zero-order valence-corrected chi connectivity index (χ0v) is 9.79. The molecule has 1 aromatic carbocycles. The minimum atomic E-state index is -2.43. The van der Waals surface area contributed by atoms with Crippen LogP contribution in [0.3, 0.4) is 0 Å². The third kappa shape index (κ3) is 1.61. The molecule has 0 atom stereocenters. The molecule has 1 aromatic heterocycles. The summed E-state index contributed by atoms with van der Waals surface area (Å²) in [5, 5.41) is 15.3. The van der Waals surface area contributed by atoms with Gasteiger partial charge in [-0.25, -0.2) is 0 Å². The summed E-state index contributed by atoms with van der Waals surface area (Å²) in [6.07, 6.45) is 1.55. The van der Waals surface area contributed by atoms with Crippen LogP contribution in [-0.4, -0.2) is 23.6 Å². The molecule has 0 aliphatic carbocycles. The molecule has 0 fully saturated rings. The van der Waals surface area contributed by atoms with E-state index in [9.17, 15) is 8.42 Å². The van der Waals surface area contributed by atoms with Gasteiger partial charge >= 0.3 is 0 Å². The lowest BCUT2D eigenvalue weighted by Gasteiger charge is -2.04. The molecule has 1 aliphatic heterocycles. The predicted molar refractivity (Wildman–Crippen MR) is 65.0 cm³/mol. The number of benzene rings is 1. The summed E-state index contributed by atoms with van der Waals surface area (Å²) in [4.78, 5) is -0.0637. The number of nitrogens with zero attached hydrogens (tertiary/aromatic N) is 4. The molecule has 88 valence electrons. The first-order valence-electron chi connectivity index (χ1n) is 5.07. The van der Waals surface area contributed by atoms with Gasteiger partial charge in [0.1, 0.15) is 0 Å². The third-order valence-corrected chi connectivity index (χ3v) is 3.11. The second-order valence-corrected chi connectivity index (χ2v) is 4.40. The van der Waals surface area contributed by atoms with Crippen LogP contribution in [-0.2, 0) is 10.3 Å². The Hall–Kier alpha value is -2.41. The Kier molecular flexibility index (Phi) is 2.45. The molecule has 18 heavy (non-hydrogen) atoms. The number of hydrogen-bond donors (Lipinski definition) is 0. The molecule has 0 spiro atoms. The maximum Gasteiger partial charge on any atom is 0.242 e. The Morgan fingerprint density at radius 3 is 2.61 bits per heavy atom. The number of azo groups is 1. The van der Waals surface area contributed by atoms with E-state index in [1.54, 1.807) is 36.5 Å². The second kappa shape index (κ2) is 4.11. The lowest BCUT2D eigenvalue weighted by molar-refractivity contribution is 0.627. The van der Waals surface area contributed by atoms with Crippen LogP contribution in [0.25, 0.3) is 11.3 Å². The van der Waals surface area contributed by atoms with Crippen molar-refractivity contribution in [1.29, 1.82) is 0 Å². The van der Waals surface area contributed by atoms with Crippen molar-refractivity contribution in [2.45, 2.75) is 0 Å². The fourth-order valence-corrected chi connectivity index (χ4v) is 2.26. The van der Waals surface area contributed by atoms with Gasteiger partial charge in [-0.15, -0.1) is 10.2 Å². The molecule has 0 saturated heterocycles. The zero-order chi connectivity index (χ0) is 12.5. The first kappa shape index (κ1) is 10.7. The minimum absolute atomic E-state index is 0.0637. The van der Waals surface area contributed by atoms with Gasteiger partial charge in [-0.2, -0.15) is 18.6 Å². The highest BCUT2D eigenvalue weighted by molar-refractivity contribution is 7.73. The Bertz CT molecular complexity index is 774. The smallest absolute Gasteiger partial charge is 0.182 e. The quantitative estimate of drug-likeness (QED) is 0.727. The van der Waals surface area contributed by atoms with E-state index in [4.69, 9.17) is 0 Å². The Morgan fingerprint density at radius 2 is 1.89 bits per heavy atom. The number of hydrogen-bond acceptors (Lipinski definition) is 5. The molecule has 2 aromatic rings. The molecule has 0 amide bonds. The lowest BCUT2D eigenvalue weighted by Crippen LogP contribution is -1.98. The van der Waals surface area contributed by atoms with Crippen LogP contribution in [0.2, 0.25) is 0 Å². The maximum atomic E-state index is 11.1. The van der Waals surface area contributed by atoms with E-state index in [0.717, 1.165) is 0 Å². The van der Waals surface area contributed by atoms with Crippen LogP contribution in [0.5, 0.6) is 0 Å². The fourth-order valence-electron chi connectivity index (χ4n) is 1.77. The van der Waals surface area contributed by atoms with Crippen molar-refractivity contribution in [3.05, 3.63) is 42.1 Å². The van der Waals surface area contributed by atoms with Crippen LogP contribution < -0.4 is 0 Å². The van der Waals surface area contributed by atoms with Gasteiger partial charge in [0.25, 0.3) is 0 Å². The summed E-state index contributed by atoms with van der Waals surface area (Å²) < 4.78 is 22.2. The summed E-state index contributed by atoms with van der Waals surface area (Å²) in [6.45, 7) is 0. The highest BCUT2D eigenvalue weighted by Crippen LogP contribution is 2.34. The summed E-state index contributed by atoms with van der Waals surface area (Å²) in [6, 6.07) is 8.74. The Morgan fingerprint density at radius 1 is 1.00 bits per heavy atom. The van der Waals surface area contributed by atoms with Crippen LogP contribution in [0, 0.1) is 0 Å². The first-order chi connectivity index (χ1) is 8.77. The highest BCUT2D eigenvalue weighted by Gasteiger charge is 2.22. The molecule has 6 nitrogen and oxygen atoms in total. The number of aromatic nitrogens is 2. The van der Waals surface area contributed by atoms with Crippen molar-refractivity contribution in [3.63, 3.8) is 0 Å². The van der Waals surface area contributed by atoms with Gasteiger partial charge in [0.2, 0.25) is 15.3 Å². The molecule has 3 rings (SSSR count). The number of fused-ring (bicyclic) bond motifs is 1. The SMILES string of the molecule is O=S(=O)=C1N=Nc2cccc(-c3cccnn3)c21. The van der Waals surface area contributed by atoms with Crippen LogP contribution in [0.1, 0.15) is 5.56 Å². The predicted octanol–water partition coefficient (Wildman–Crippen LogP) is 1.60. The van der Waals surface area contributed by atoms with Gasteiger partial charge < -0.3 is 0 Å². The first-order valence-corrected chi connectivity index (χ1v) is 6.14. The maximum absolute atomic E-state index is 11.1. The van der Waals surface area contributed by atoms with Gasteiger partial charge in [-0.3, -0.25) is 0 Å². The van der Waals surface area contributed by atoms with E-state index in [1.807, 2.05) is 0 Å². The van der Waals surface area contributed by atoms with Crippen molar-refractivity contribution in [1.82, 2.24) is 10.2 Å². The van der Waals surface area contributed by atoms with E-state index < -0.39 is 10.3 Å². The zero-order valence-electron chi connectivity index (χ0n) is 8.98. The van der Waals surface area contributed by atoms with Gasteiger partial charge in [0.15, 0.2) is 0 Å². The van der Waals surface area contributed by atoms with Gasteiger partial charge in [0.05, 0.1) is 16.9 Å². The van der Waals surface area contributed by atoms with Gasteiger partial charge in [0, 0.05) is 11.8 Å². The second-order valence-electron chi connectivity index (χ2n) is 3.55. The molecule has 0 N–H and O–H groups in total. The molecule has 1 aliphatic rings. The fraction of sp³-hybridized carbons (Fsp3) is 0. The summed E-state index contributed by atoms with van der Waals surface area (Å²) in [5.41, 5.74) is 2.25. The average Bonchev–Trinajstić information content (AvgIpc) is 2.83. The van der Waals surface area contributed by atoms with Crippen LogP contribution in [0.15, 0.2) is 46.8 Å². The monoisotopic (exact) mass is 258 g/mol. The van der Waals surface area contributed by atoms with Crippen molar-refractivity contribution < 1.29 is 8.42 Å². The minimum Gasteiger partial charge on any atom is -0.182 e. The number of rotatable bonds is 1. The van der Waals surface area contributed by atoms with Crippen molar-refractivity contribution in [3.8, 4) is 11.3 Å². The molecule has 0 radical (unpaired) electrons. The molecule has 7 heteroatoms. The molecular weight excluding hydrogens is 252 g/mol. The molecule has 0 unspecified atom stereocenters. The van der Waals surface area contributed by atoms with Crippen LogP contribution >= 0.6 is 0 Å². The van der Waals surface area contributed by atoms with E-state index in [0.29, 0.717) is 22.5 Å². The van der Waals surface area contributed by atoms with E-state index in [1.165, 1.54) is 0 Å².